The Morgan fingerprint density at radius 3 is 2.49 bits per heavy atom. The molecule has 1 amide bonds. The Bertz CT molecular complexity index is 1470. The van der Waals surface area contributed by atoms with Gasteiger partial charge in [-0.05, 0) is 62.2 Å². The highest BCUT2D eigenvalue weighted by molar-refractivity contribution is 6.36. The Morgan fingerprint density at radius 1 is 1.08 bits per heavy atom. The fourth-order valence-corrected chi connectivity index (χ4v) is 4.94. The molecule has 1 aromatic heterocycles. The zero-order chi connectivity index (χ0) is 26.5. The molecule has 0 spiro atoms. The molecule has 1 heterocycles. The number of aryl methyl sites for hydroxylation is 1. The molecular weight excluding hydrogens is 509 g/mol. The molecule has 4 rings (SSSR count). The molecule has 8 heteroatoms. The van der Waals surface area contributed by atoms with Gasteiger partial charge < -0.3 is 9.64 Å². The van der Waals surface area contributed by atoms with E-state index in [4.69, 9.17) is 32.9 Å². The Morgan fingerprint density at radius 2 is 1.81 bits per heavy atom. The predicted molar refractivity (Wildman–Crippen MR) is 149 cm³/mol. The second-order valence-corrected chi connectivity index (χ2v) is 9.70. The summed E-state index contributed by atoms with van der Waals surface area (Å²) in [6.07, 6.45) is 1.13. The van der Waals surface area contributed by atoms with Gasteiger partial charge in [0.05, 0.1) is 33.2 Å². The number of methoxy groups -OCH3 is 1. The normalized spacial score (nSPS) is 12.0. The summed E-state index contributed by atoms with van der Waals surface area (Å²) in [5.41, 5.74) is 2.51. The first-order chi connectivity index (χ1) is 17.8. The van der Waals surface area contributed by atoms with Gasteiger partial charge in [0.25, 0.3) is 11.5 Å². The zero-order valence-corrected chi connectivity index (χ0v) is 22.6. The minimum absolute atomic E-state index is 0.184. The third-order valence-corrected chi connectivity index (χ3v) is 6.87. The summed E-state index contributed by atoms with van der Waals surface area (Å²) < 4.78 is 6.89. The lowest BCUT2D eigenvalue weighted by Gasteiger charge is -2.32. The second-order valence-electron chi connectivity index (χ2n) is 8.86. The molecule has 37 heavy (non-hydrogen) atoms. The summed E-state index contributed by atoms with van der Waals surface area (Å²) in [6, 6.07) is 19.3. The Hall–Kier alpha value is -3.19. The fourth-order valence-electron chi connectivity index (χ4n) is 4.45. The van der Waals surface area contributed by atoms with E-state index >= 15 is 0 Å². The van der Waals surface area contributed by atoms with Gasteiger partial charge in [-0.3, -0.25) is 14.2 Å². The molecule has 0 radical (unpaired) electrons. The van der Waals surface area contributed by atoms with Gasteiger partial charge >= 0.3 is 0 Å². The van der Waals surface area contributed by atoms with Crippen LogP contribution in [0.1, 0.15) is 47.6 Å². The lowest BCUT2D eigenvalue weighted by Crippen LogP contribution is -2.39. The molecule has 0 fully saturated rings. The average Bonchev–Trinajstić information content (AvgIpc) is 2.89. The van der Waals surface area contributed by atoms with Gasteiger partial charge in [-0.1, -0.05) is 60.0 Å². The van der Waals surface area contributed by atoms with Crippen LogP contribution in [0.25, 0.3) is 16.6 Å². The van der Waals surface area contributed by atoms with Gasteiger partial charge in [0, 0.05) is 25.3 Å². The Balaban J connectivity index is 1.93. The maximum absolute atomic E-state index is 13.9. The maximum atomic E-state index is 13.9. The van der Waals surface area contributed by atoms with Crippen LogP contribution in [0.3, 0.4) is 0 Å². The number of ether oxygens (including phenoxy) is 1. The van der Waals surface area contributed by atoms with Crippen LogP contribution in [0.2, 0.25) is 10.0 Å². The highest BCUT2D eigenvalue weighted by Crippen LogP contribution is 2.30. The fraction of sp³-hybridized carbons (Fsp3) is 0.276. The van der Waals surface area contributed by atoms with Crippen molar-refractivity contribution in [3.8, 4) is 5.69 Å². The van der Waals surface area contributed by atoms with Crippen molar-refractivity contribution in [1.82, 2.24) is 14.5 Å². The van der Waals surface area contributed by atoms with E-state index in [0.29, 0.717) is 59.0 Å². The summed E-state index contributed by atoms with van der Waals surface area (Å²) in [7, 11) is 1.62. The molecule has 0 aliphatic carbocycles. The van der Waals surface area contributed by atoms with Crippen molar-refractivity contribution in [2.45, 2.75) is 32.7 Å². The topological polar surface area (TPSA) is 64.4 Å². The van der Waals surface area contributed by atoms with Crippen molar-refractivity contribution in [2.24, 2.45) is 0 Å². The van der Waals surface area contributed by atoms with Gasteiger partial charge in [0.1, 0.15) is 5.82 Å². The summed E-state index contributed by atoms with van der Waals surface area (Å²) in [4.78, 5) is 34.4. The van der Waals surface area contributed by atoms with E-state index in [2.05, 4.69) is 0 Å². The highest BCUT2D eigenvalue weighted by Gasteiger charge is 2.30. The third kappa shape index (κ3) is 5.72. The number of hydrogen-bond acceptors (Lipinski definition) is 4. The molecule has 3 aromatic carbocycles. The monoisotopic (exact) mass is 537 g/mol. The van der Waals surface area contributed by atoms with Crippen LogP contribution in [0.5, 0.6) is 0 Å². The molecule has 1 atom stereocenters. The van der Waals surface area contributed by atoms with Gasteiger partial charge in [0.15, 0.2) is 0 Å². The summed E-state index contributed by atoms with van der Waals surface area (Å²) >= 11 is 12.5. The van der Waals surface area contributed by atoms with Crippen molar-refractivity contribution < 1.29 is 9.53 Å². The van der Waals surface area contributed by atoms with Crippen molar-refractivity contribution in [2.75, 3.05) is 20.3 Å². The molecule has 0 saturated heterocycles. The second kappa shape index (κ2) is 11.9. The van der Waals surface area contributed by atoms with E-state index in [1.54, 1.807) is 40.8 Å². The molecule has 192 valence electrons. The van der Waals surface area contributed by atoms with E-state index in [1.807, 2.05) is 56.3 Å². The molecule has 0 aliphatic rings. The Labute approximate surface area is 226 Å². The van der Waals surface area contributed by atoms with Crippen LogP contribution in [0.15, 0.2) is 71.5 Å². The number of nitrogens with zero attached hydrogens (tertiary/aromatic N) is 3. The minimum Gasteiger partial charge on any atom is -0.385 e. The summed E-state index contributed by atoms with van der Waals surface area (Å²) in [5, 5.41) is 1.23. The minimum atomic E-state index is -0.505. The molecule has 1 unspecified atom stereocenters. The molecule has 6 nitrogen and oxygen atoms in total. The first-order valence-electron chi connectivity index (χ1n) is 12.2. The predicted octanol–water partition coefficient (Wildman–Crippen LogP) is 6.63. The smallest absolute Gasteiger partial charge is 0.266 e. The number of halogens is 2. The standard InChI is InChI=1S/C29H29Cl2N3O3/c1-4-26(33(16-7-17-37-3)28(35)22-15-12-20(30)18-24(22)31)27-32-25-9-6-5-8-23(25)29(36)34(27)21-13-10-19(2)11-14-21/h5-6,8-15,18,26H,4,7,16-17H2,1-3H3. The van der Waals surface area contributed by atoms with Crippen LogP contribution >= 0.6 is 23.2 Å². The maximum Gasteiger partial charge on any atom is 0.266 e. The largest absolute Gasteiger partial charge is 0.385 e. The Kier molecular flexibility index (Phi) is 8.64. The molecule has 4 aromatic rings. The molecular formula is C29H29Cl2N3O3. The molecule has 0 aliphatic heterocycles. The highest BCUT2D eigenvalue weighted by atomic mass is 35.5. The van der Waals surface area contributed by atoms with E-state index in [-0.39, 0.29) is 16.5 Å². The average molecular weight is 538 g/mol. The first kappa shape index (κ1) is 26.9. The van der Waals surface area contributed by atoms with Crippen LogP contribution in [-0.4, -0.2) is 40.6 Å². The van der Waals surface area contributed by atoms with E-state index < -0.39 is 6.04 Å². The number of carbonyl (C=O) groups is 1. The van der Waals surface area contributed by atoms with Crippen LogP contribution in [0.4, 0.5) is 0 Å². The summed E-state index contributed by atoms with van der Waals surface area (Å²) in [5.74, 6) is 0.230. The van der Waals surface area contributed by atoms with Gasteiger partial charge in [-0.2, -0.15) is 0 Å². The number of benzene rings is 3. The quantitative estimate of drug-likeness (QED) is 0.225. The van der Waals surface area contributed by atoms with Crippen LogP contribution in [-0.2, 0) is 4.74 Å². The number of fused-ring (bicyclic) bond motifs is 1. The summed E-state index contributed by atoms with van der Waals surface area (Å²) in [6.45, 7) is 4.84. The lowest BCUT2D eigenvalue weighted by molar-refractivity contribution is 0.0634. The number of aromatic nitrogens is 2. The number of hydrogen-bond donors (Lipinski definition) is 0. The van der Waals surface area contributed by atoms with Gasteiger partial charge in [-0.15, -0.1) is 0 Å². The molecule has 0 N–H and O–H groups in total. The SMILES string of the molecule is CCC(c1nc2ccccc2c(=O)n1-c1ccc(C)cc1)N(CCCOC)C(=O)c1ccc(Cl)cc1Cl. The number of amides is 1. The van der Waals surface area contributed by atoms with Crippen LogP contribution in [0, 0.1) is 6.92 Å². The first-order valence-corrected chi connectivity index (χ1v) is 12.9. The van der Waals surface area contributed by atoms with Crippen molar-refractivity contribution >= 4 is 40.0 Å². The number of carbonyl (C=O) groups excluding carboxylic acids is 1. The lowest BCUT2D eigenvalue weighted by atomic mass is 10.1. The van der Waals surface area contributed by atoms with E-state index in [1.165, 1.54) is 0 Å². The van der Waals surface area contributed by atoms with Gasteiger partial charge in [-0.25, -0.2) is 4.98 Å². The van der Waals surface area contributed by atoms with Crippen molar-refractivity contribution in [3.05, 3.63) is 104 Å². The molecule has 0 saturated carbocycles. The number of rotatable bonds is 9. The van der Waals surface area contributed by atoms with Gasteiger partial charge in [0.2, 0.25) is 0 Å². The van der Waals surface area contributed by atoms with Crippen molar-refractivity contribution in [1.29, 1.82) is 0 Å². The van der Waals surface area contributed by atoms with Crippen molar-refractivity contribution in [3.63, 3.8) is 0 Å². The molecule has 0 bridgehead atoms. The van der Waals surface area contributed by atoms with E-state index in [0.717, 1.165) is 5.56 Å². The van der Waals surface area contributed by atoms with E-state index in [9.17, 15) is 9.59 Å². The third-order valence-electron chi connectivity index (χ3n) is 6.32. The zero-order valence-electron chi connectivity index (χ0n) is 21.1. The van der Waals surface area contributed by atoms with Crippen LogP contribution < -0.4 is 5.56 Å². The number of para-hydroxylation sites is 1.